The van der Waals surface area contributed by atoms with Gasteiger partial charge in [0, 0.05) is 11.2 Å². The summed E-state index contributed by atoms with van der Waals surface area (Å²) in [6.45, 7) is 1.85. The number of carbonyl (C=O) groups is 1. The van der Waals surface area contributed by atoms with E-state index in [1.807, 2.05) is 13.0 Å². The normalized spacial score (nSPS) is 12.0. The lowest BCUT2D eigenvalue weighted by molar-refractivity contribution is 0.0935. The van der Waals surface area contributed by atoms with E-state index in [-0.39, 0.29) is 17.6 Å². The molecular weight excluding hydrogens is 319 g/mol. The molecule has 1 aromatic carbocycles. The summed E-state index contributed by atoms with van der Waals surface area (Å²) in [4.78, 5) is 16.0. The number of halogens is 3. The minimum absolute atomic E-state index is 0.224. The van der Waals surface area contributed by atoms with E-state index >= 15 is 0 Å². The van der Waals surface area contributed by atoms with Crippen LogP contribution in [0, 0.1) is 0 Å². The average molecular weight is 330 g/mol. The van der Waals surface area contributed by atoms with E-state index < -0.39 is 0 Å². The zero-order chi connectivity index (χ0) is 14.7. The van der Waals surface area contributed by atoms with Gasteiger partial charge in [0.1, 0.15) is 5.69 Å². The fourth-order valence-corrected chi connectivity index (χ4v) is 2.13. The molecule has 1 unspecified atom stereocenters. The van der Waals surface area contributed by atoms with Crippen molar-refractivity contribution in [1.29, 1.82) is 0 Å². The van der Waals surface area contributed by atoms with Gasteiger partial charge in [-0.15, -0.1) is 0 Å². The first-order valence-electron chi connectivity index (χ1n) is 5.84. The Hall–Kier alpha value is -1.29. The Morgan fingerprint density at radius 2 is 1.90 bits per heavy atom. The van der Waals surface area contributed by atoms with Gasteiger partial charge < -0.3 is 5.32 Å². The number of hydrogen-bond donors (Lipinski definition) is 1. The fraction of sp³-hybridized carbons (Fsp3) is 0.143. The highest BCUT2D eigenvalue weighted by atomic mass is 35.5. The van der Waals surface area contributed by atoms with Gasteiger partial charge in [-0.05, 0) is 36.8 Å². The molecule has 0 spiro atoms. The van der Waals surface area contributed by atoms with E-state index in [0.29, 0.717) is 15.1 Å². The van der Waals surface area contributed by atoms with Crippen LogP contribution in [0.1, 0.15) is 29.0 Å². The molecule has 1 atom stereocenters. The highest BCUT2D eigenvalue weighted by molar-refractivity contribution is 6.42. The van der Waals surface area contributed by atoms with Gasteiger partial charge in [0.15, 0.2) is 0 Å². The number of amides is 1. The van der Waals surface area contributed by atoms with Crippen LogP contribution in [0.2, 0.25) is 15.1 Å². The minimum Gasteiger partial charge on any atom is -0.344 e. The van der Waals surface area contributed by atoms with Crippen LogP contribution in [0.25, 0.3) is 0 Å². The number of pyridine rings is 1. The second-order valence-corrected chi connectivity index (χ2v) is 5.48. The molecule has 2 rings (SSSR count). The Morgan fingerprint density at radius 1 is 1.15 bits per heavy atom. The number of rotatable bonds is 3. The summed E-state index contributed by atoms with van der Waals surface area (Å²) in [5, 5.41) is 4.22. The Kier molecular flexibility index (Phi) is 4.86. The van der Waals surface area contributed by atoms with Crippen molar-refractivity contribution < 1.29 is 4.79 Å². The Labute approximate surface area is 131 Å². The van der Waals surface area contributed by atoms with E-state index in [2.05, 4.69) is 10.3 Å². The van der Waals surface area contributed by atoms with Crippen LogP contribution < -0.4 is 5.32 Å². The molecule has 1 amide bonds. The SMILES string of the molecule is CC(NC(=O)c1cc(Cl)ccn1)c1ccc(Cl)c(Cl)c1. The summed E-state index contributed by atoms with van der Waals surface area (Å²) in [5.74, 6) is -0.300. The van der Waals surface area contributed by atoms with Crippen LogP contribution in [-0.2, 0) is 0 Å². The van der Waals surface area contributed by atoms with Crippen molar-refractivity contribution in [2.75, 3.05) is 0 Å². The third-order valence-electron chi connectivity index (χ3n) is 2.75. The molecule has 0 radical (unpaired) electrons. The zero-order valence-corrected chi connectivity index (χ0v) is 12.8. The molecule has 0 saturated carbocycles. The standard InChI is InChI=1S/C14H11Cl3N2O/c1-8(9-2-3-11(16)12(17)6-9)19-14(20)13-7-10(15)4-5-18-13/h2-8H,1H3,(H,19,20). The second-order valence-electron chi connectivity index (χ2n) is 4.23. The monoisotopic (exact) mass is 328 g/mol. The van der Waals surface area contributed by atoms with Crippen molar-refractivity contribution in [2.45, 2.75) is 13.0 Å². The number of nitrogens with zero attached hydrogens (tertiary/aromatic N) is 1. The van der Waals surface area contributed by atoms with Gasteiger partial charge in [0.05, 0.1) is 16.1 Å². The molecule has 1 N–H and O–H groups in total. The summed E-state index contributed by atoms with van der Waals surface area (Å²) < 4.78 is 0. The molecule has 1 heterocycles. The first-order valence-corrected chi connectivity index (χ1v) is 6.98. The van der Waals surface area contributed by atoms with Crippen molar-refractivity contribution in [3.05, 3.63) is 62.9 Å². The maximum Gasteiger partial charge on any atom is 0.270 e. The molecule has 0 aliphatic rings. The average Bonchev–Trinajstić information content (AvgIpc) is 2.41. The molecule has 1 aromatic heterocycles. The maximum atomic E-state index is 12.0. The largest absolute Gasteiger partial charge is 0.344 e. The van der Waals surface area contributed by atoms with E-state index in [1.165, 1.54) is 12.3 Å². The van der Waals surface area contributed by atoms with Crippen LogP contribution in [-0.4, -0.2) is 10.9 Å². The highest BCUT2D eigenvalue weighted by Gasteiger charge is 2.13. The summed E-state index contributed by atoms with van der Waals surface area (Å²) in [6, 6.07) is 8.13. The van der Waals surface area contributed by atoms with E-state index in [9.17, 15) is 4.79 Å². The molecule has 104 valence electrons. The second kappa shape index (κ2) is 6.44. The van der Waals surface area contributed by atoms with Gasteiger partial charge in [-0.1, -0.05) is 40.9 Å². The summed E-state index contributed by atoms with van der Waals surface area (Å²) >= 11 is 17.6. The molecule has 6 heteroatoms. The van der Waals surface area contributed by atoms with Crippen molar-refractivity contribution in [3.63, 3.8) is 0 Å². The predicted octanol–water partition coefficient (Wildman–Crippen LogP) is 4.53. The van der Waals surface area contributed by atoms with Gasteiger partial charge in [-0.2, -0.15) is 0 Å². The molecule has 3 nitrogen and oxygen atoms in total. The molecule has 2 aromatic rings. The van der Waals surface area contributed by atoms with Crippen molar-refractivity contribution in [1.82, 2.24) is 10.3 Å². The van der Waals surface area contributed by atoms with Gasteiger partial charge >= 0.3 is 0 Å². The molecule has 0 saturated heterocycles. The molecule has 0 aliphatic carbocycles. The van der Waals surface area contributed by atoms with Crippen molar-refractivity contribution >= 4 is 40.7 Å². The number of carbonyl (C=O) groups excluding carboxylic acids is 1. The first kappa shape index (κ1) is 15.1. The fourth-order valence-electron chi connectivity index (χ4n) is 1.66. The number of nitrogens with one attached hydrogen (secondary N) is 1. The highest BCUT2D eigenvalue weighted by Crippen LogP contribution is 2.25. The first-order chi connectivity index (χ1) is 9.47. The lowest BCUT2D eigenvalue weighted by atomic mass is 10.1. The van der Waals surface area contributed by atoms with Gasteiger partial charge in [-0.25, -0.2) is 0 Å². The van der Waals surface area contributed by atoms with E-state index in [1.54, 1.807) is 18.2 Å². The molecular formula is C14H11Cl3N2O. The Balaban J connectivity index is 2.13. The Bertz CT molecular complexity index is 646. The van der Waals surface area contributed by atoms with Gasteiger partial charge in [-0.3, -0.25) is 9.78 Å². The van der Waals surface area contributed by atoms with Gasteiger partial charge in [0.25, 0.3) is 5.91 Å². The zero-order valence-electron chi connectivity index (χ0n) is 10.5. The molecule has 20 heavy (non-hydrogen) atoms. The molecule has 0 fully saturated rings. The number of aromatic nitrogens is 1. The summed E-state index contributed by atoms with van der Waals surface area (Å²) in [6.07, 6.45) is 1.49. The van der Waals surface area contributed by atoms with E-state index in [4.69, 9.17) is 34.8 Å². The summed E-state index contributed by atoms with van der Waals surface area (Å²) in [7, 11) is 0. The quantitative estimate of drug-likeness (QED) is 0.898. The van der Waals surface area contributed by atoms with Crippen molar-refractivity contribution in [2.24, 2.45) is 0 Å². The van der Waals surface area contributed by atoms with Crippen molar-refractivity contribution in [3.8, 4) is 0 Å². The summed E-state index contributed by atoms with van der Waals surface area (Å²) in [5.41, 5.74) is 1.12. The lowest BCUT2D eigenvalue weighted by Gasteiger charge is -2.14. The molecule has 0 bridgehead atoms. The van der Waals surface area contributed by atoms with E-state index in [0.717, 1.165) is 5.56 Å². The number of benzene rings is 1. The molecule has 0 aliphatic heterocycles. The van der Waals surface area contributed by atoms with Crippen LogP contribution in [0.15, 0.2) is 36.5 Å². The van der Waals surface area contributed by atoms with Gasteiger partial charge in [0.2, 0.25) is 0 Å². The minimum atomic E-state index is -0.300. The predicted molar refractivity (Wildman–Crippen MR) is 81.6 cm³/mol. The lowest BCUT2D eigenvalue weighted by Crippen LogP contribution is -2.27. The maximum absolute atomic E-state index is 12.0. The smallest absolute Gasteiger partial charge is 0.270 e. The van der Waals surface area contributed by atoms with Crippen LogP contribution >= 0.6 is 34.8 Å². The van der Waals surface area contributed by atoms with Crippen LogP contribution in [0.5, 0.6) is 0 Å². The van der Waals surface area contributed by atoms with Crippen LogP contribution in [0.3, 0.4) is 0 Å². The third kappa shape index (κ3) is 3.63. The van der Waals surface area contributed by atoms with Crippen LogP contribution in [0.4, 0.5) is 0 Å². The third-order valence-corrected chi connectivity index (χ3v) is 3.72. The number of hydrogen-bond acceptors (Lipinski definition) is 2. The Morgan fingerprint density at radius 3 is 2.55 bits per heavy atom. The topological polar surface area (TPSA) is 42.0 Å².